The summed E-state index contributed by atoms with van der Waals surface area (Å²) < 4.78 is 0. The predicted molar refractivity (Wildman–Crippen MR) is 99.0 cm³/mol. The molecular formula is C19H19N3O3S. The molecule has 2 heterocycles. The van der Waals surface area contributed by atoms with E-state index in [1.165, 1.54) is 26.7 Å². The minimum absolute atomic E-state index is 0.0222. The van der Waals surface area contributed by atoms with E-state index in [1.54, 1.807) is 12.1 Å². The molecule has 1 saturated heterocycles. The molecule has 2 aromatic rings. The molecule has 1 atom stereocenters. The first-order valence-electron chi connectivity index (χ1n) is 8.64. The maximum absolute atomic E-state index is 12.6. The van der Waals surface area contributed by atoms with E-state index in [0.717, 1.165) is 24.8 Å². The molecule has 1 aliphatic heterocycles. The quantitative estimate of drug-likeness (QED) is 0.639. The fraction of sp³-hybridized carbons (Fsp3) is 0.316. The van der Waals surface area contributed by atoms with Crippen LogP contribution in [0.4, 0.5) is 5.69 Å². The third kappa shape index (κ3) is 2.93. The highest BCUT2D eigenvalue weighted by Gasteiger charge is 2.40. The number of hydrazine groups is 1. The molecule has 0 spiro atoms. The molecule has 2 aliphatic rings. The van der Waals surface area contributed by atoms with Crippen LogP contribution in [0.1, 0.15) is 38.5 Å². The second-order valence-corrected chi connectivity index (χ2v) is 7.76. The van der Waals surface area contributed by atoms with Crippen LogP contribution in [0.3, 0.4) is 0 Å². The van der Waals surface area contributed by atoms with Crippen LogP contribution in [0.5, 0.6) is 0 Å². The average molecular weight is 369 g/mol. The second-order valence-electron chi connectivity index (χ2n) is 6.62. The minimum Gasteiger partial charge on any atom is -0.286 e. The molecular weight excluding hydrogens is 350 g/mol. The van der Waals surface area contributed by atoms with Crippen molar-refractivity contribution in [2.24, 2.45) is 0 Å². The molecule has 0 unspecified atom stereocenters. The smallest absolute Gasteiger partial charge is 0.275 e. The minimum atomic E-state index is -0.752. The number of amides is 3. The number of rotatable bonds is 4. The number of carbonyl (C=O) groups excluding carboxylic acids is 3. The van der Waals surface area contributed by atoms with Crippen LogP contribution in [0.15, 0.2) is 30.3 Å². The van der Waals surface area contributed by atoms with Gasteiger partial charge >= 0.3 is 0 Å². The van der Waals surface area contributed by atoms with Crippen molar-refractivity contribution in [2.45, 2.75) is 38.6 Å². The third-order valence-electron chi connectivity index (χ3n) is 4.83. The zero-order chi connectivity index (χ0) is 18.3. The standard InChI is InChI=1S/C19H19N3O3S/c1-11-5-2-3-7-14(11)22-17(23)10-13(19(22)25)20-21-18(24)16-9-12-6-4-8-15(12)26-16/h2-3,5,7,9,13,20H,4,6,8,10H2,1H3,(H,21,24)/t13-/m1/s1. The number of imide groups is 1. The summed E-state index contributed by atoms with van der Waals surface area (Å²) in [6.45, 7) is 1.86. The van der Waals surface area contributed by atoms with Crippen molar-refractivity contribution in [2.75, 3.05) is 4.90 Å². The third-order valence-corrected chi connectivity index (χ3v) is 6.07. The summed E-state index contributed by atoms with van der Waals surface area (Å²) in [6.07, 6.45) is 3.22. The largest absolute Gasteiger partial charge is 0.286 e. The Kier molecular flexibility index (Phi) is 4.34. The van der Waals surface area contributed by atoms with E-state index in [2.05, 4.69) is 10.9 Å². The topological polar surface area (TPSA) is 78.5 Å². The number of hydrogen-bond donors (Lipinski definition) is 2. The Balaban J connectivity index is 1.42. The van der Waals surface area contributed by atoms with Crippen molar-refractivity contribution in [3.63, 3.8) is 0 Å². The van der Waals surface area contributed by atoms with E-state index >= 15 is 0 Å². The number of aryl methyl sites for hydroxylation is 3. The summed E-state index contributed by atoms with van der Waals surface area (Å²) in [4.78, 5) is 40.4. The highest BCUT2D eigenvalue weighted by atomic mass is 32.1. The first kappa shape index (κ1) is 16.9. The fourth-order valence-corrected chi connectivity index (χ4v) is 4.62. The first-order valence-corrected chi connectivity index (χ1v) is 9.46. The number of hydrogen-bond acceptors (Lipinski definition) is 5. The number of para-hydroxylation sites is 1. The van der Waals surface area contributed by atoms with Gasteiger partial charge in [-0.05, 0) is 49.4 Å². The van der Waals surface area contributed by atoms with E-state index in [1.807, 2.05) is 25.1 Å². The number of nitrogens with zero attached hydrogens (tertiary/aromatic N) is 1. The van der Waals surface area contributed by atoms with Gasteiger partial charge in [0.1, 0.15) is 6.04 Å². The van der Waals surface area contributed by atoms with Crippen molar-refractivity contribution >= 4 is 34.7 Å². The molecule has 1 fully saturated rings. The summed E-state index contributed by atoms with van der Waals surface area (Å²) >= 11 is 1.50. The molecule has 1 aromatic carbocycles. The Bertz CT molecular complexity index is 884. The van der Waals surface area contributed by atoms with Gasteiger partial charge in [0.15, 0.2) is 0 Å². The van der Waals surface area contributed by atoms with Gasteiger partial charge in [-0.15, -0.1) is 11.3 Å². The Morgan fingerprint density at radius 2 is 2.04 bits per heavy atom. The lowest BCUT2D eigenvalue weighted by molar-refractivity contribution is -0.121. The molecule has 0 bridgehead atoms. The summed E-state index contributed by atoms with van der Waals surface area (Å²) in [6, 6.07) is 8.43. The van der Waals surface area contributed by atoms with Gasteiger partial charge in [-0.1, -0.05) is 18.2 Å². The van der Waals surface area contributed by atoms with Crippen LogP contribution in [-0.4, -0.2) is 23.8 Å². The lowest BCUT2D eigenvalue weighted by Crippen LogP contribution is -2.48. The Hall–Kier alpha value is -2.51. The van der Waals surface area contributed by atoms with Crippen molar-refractivity contribution in [3.05, 3.63) is 51.2 Å². The Morgan fingerprint density at radius 3 is 2.81 bits per heavy atom. The molecule has 26 heavy (non-hydrogen) atoms. The van der Waals surface area contributed by atoms with E-state index in [0.29, 0.717) is 10.6 Å². The van der Waals surface area contributed by atoms with Crippen molar-refractivity contribution in [1.82, 2.24) is 10.9 Å². The zero-order valence-electron chi connectivity index (χ0n) is 14.4. The summed E-state index contributed by atoms with van der Waals surface area (Å²) in [5.41, 5.74) is 8.02. The van der Waals surface area contributed by atoms with Crippen molar-refractivity contribution < 1.29 is 14.4 Å². The number of fused-ring (bicyclic) bond motifs is 1. The van der Waals surface area contributed by atoms with Gasteiger partial charge in [0.05, 0.1) is 17.0 Å². The molecule has 1 aromatic heterocycles. The number of anilines is 1. The van der Waals surface area contributed by atoms with Gasteiger partial charge in [-0.2, -0.15) is 0 Å². The van der Waals surface area contributed by atoms with Crippen LogP contribution in [-0.2, 0) is 22.4 Å². The normalized spacial score (nSPS) is 19.1. The van der Waals surface area contributed by atoms with Gasteiger partial charge in [-0.3, -0.25) is 19.8 Å². The lowest BCUT2D eigenvalue weighted by atomic mass is 10.2. The molecule has 3 amide bonds. The van der Waals surface area contributed by atoms with Gasteiger partial charge in [0.2, 0.25) is 5.91 Å². The Morgan fingerprint density at radius 1 is 1.23 bits per heavy atom. The number of thiophene rings is 1. The van der Waals surface area contributed by atoms with Crippen LogP contribution < -0.4 is 15.8 Å². The van der Waals surface area contributed by atoms with E-state index in [9.17, 15) is 14.4 Å². The average Bonchev–Trinajstić information content (AvgIpc) is 3.28. The number of carbonyl (C=O) groups is 3. The van der Waals surface area contributed by atoms with Crippen molar-refractivity contribution in [3.8, 4) is 0 Å². The van der Waals surface area contributed by atoms with Crippen LogP contribution >= 0.6 is 11.3 Å². The summed E-state index contributed by atoms with van der Waals surface area (Å²) in [5, 5.41) is 0. The highest BCUT2D eigenvalue weighted by molar-refractivity contribution is 7.14. The Labute approximate surface area is 155 Å². The molecule has 0 saturated carbocycles. The lowest BCUT2D eigenvalue weighted by Gasteiger charge is -2.17. The van der Waals surface area contributed by atoms with Gasteiger partial charge in [-0.25, -0.2) is 10.3 Å². The SMILES string of the molecule is Cc1ccccc1N1C(=O)C[C@@H](NNC(=O)c2cc3c(s2)CCC3)C1=O. The van der Waals surface area contributed by atoms with E-state index in [4.69, 9.17) is 0 Å². The van der Waals surface area contributed by atoms with Crippen LogP contribution in [0.25, 0.3) is 0 Å². The number of nitrogens with one attached hydrogen (secondary N) is 2. The fourth-order valence-electron chi connectivity index (χ4n) is 3.47. The molecule has 1 aliphatic carbocycles. The molecule has 7 heteroatoms. The van der Waals surface area contributed by atoms with Gasteiger partial charge < -0.3 is 0 Å². The highest BCUT2D eigenvalue weighted by Crippen LogP contribution is 2.30. The van der Waals surface area contributed by atoms with Crippen molar-refractivity contribution in [1.29, 1.82) is 0 Å². The molecule has 134 valence electrons. The van der Waals surface area contributed by atoms with Gasteiger partial charge in [0, 0.05) is 4.88 Å². The molecule has 6 nitrogen and oxygen atoms in total. The summed E-state index contributed by atoms with van der Waals surface area (Å²) in [7, 11) is 0. The maximum Gasteiger partial charge on any atom is 0.275 e. The van der Waals surface area contributed by atoms with Crippen LogP contribution in [0.2, 0.25) is 0 Å². The summed E-state index contributed by atoms with van der Waals surface area (Å²) in [5.74, 6) is -0.886. The predicted octanol–water partition coefficient (Wildman–Crippen LogP) is 2.11. The van der Waals surface area contributed by atoms with Crippen LogP contribution in [0, 0.1) is 6.92 Å². The first-order chi connectivity index (χ1) is 12.5. The molecule has 4 rings (SSSR count). The molecule has 0 radical (unpaired) electrons. The van der Waals surface area contributed by atoms with E-state index < -0.39 is 6.04 Å². The maximum atomic E-state index is 12.6. The van der Waals surface area contributed by atoms with E-state index in [-0.39, 0.29) is 24.1 Å². The second kappa shape index (κ2) is 6.66. The number of benzene rings is 1. The molecule has 2 N–H and O–H groups in total. The van der Waals surface area contributed by atoms with Gasteiger partial charge in [0.25, 0.3) is 11.8 Å². The zero-order valence-corrected chi connectivity index (χ0v) is 15.2. The monoisotopic (exact) mass is 369 g/mol.